The van der Waals surface area contributed by atoms with Crippen molar-refractivity contribution < 1.29 is 4.79 Å². The van der Waals surface area contributed by atoms with Gasteiger partial charge in [0.15, 0.2) is 0 Å². The summed E-state index contributed by atoms with van der Waals surface area (Å²) in [6.07, 6.45) is 2.43. The molecule has 0 unspecified atom stereocenters. The lowest BCUT2D eigenvalue weighted by Gasteiger charge is -2.10. The van der Waals surface area contributed by atoms with Crippen LogP contribution in [0.15, 0.2) is 42.6 Å². The van der Waals surface area contributed by atoms with Crippen molar-refractivity contribution in [1.29, 1.82) is 0 Å². The lowest BCUT2D eigenvalue weighted by molar-refractivity contribution is 0.0954. The van der Waals surface area contributed by atoms with Gasteiger partial charge in [0.1, 0.15) is 0 Å². The maximum Gasteiger partial charge on any atom is 0.254 e. The quantitative estimate of drug-likeness (QED) is 0.876. The lowest BCUT2D eigenvalue weighted by Crippen LogP contribution is -2.26. The van der Waals surface area contributed by atoms with Crippen molar-refractivity contribution >= 4 is 11.6 Å². The highest BCUT2D eigenvalue weighted by atomic mass is 16.1. The second-order valence-electron chi connectivity index (χ2n) is 4.61. The van der Waals surface area contributed by atoms with Crippen LogP contribution in [0.4, 0.5) is 5.69 Å². The van der Waals surface area contributed by atoms with Gasteiger partial charge in [0.25, 0.3) is 5.91 Å². The van der Waals surface area contributed by atoms with Crippen molar-refractivity contribution in [2.45, 2.75) is 13.3 Å². The largest absolute Gasteiger partial charge is 0.387 e. The summed E-state index contributed by atoms with van der Waals surface area (Å²) >= 11 is 0. The van der Waals surface area contributed by atoms with Crippen molar-refractivity contribution in [2.24, 2.45) is 0 Å². The Hall–Kier alpha value is -2.36. The van der Waals surface area contributed by atoms with Crippen LogP contribution in [0.25, 0.3) is 0 Å². The number of hydrogen-bond acceptors (Lipinski definition) is 3. The zero-order chi connectivity index (χ0) is 14.4. The molecule has 0 spiro atoms. The number of nitrogens with one attached hydrogen (secondary N) is 2. The second-order valence-corrected chi connectivity index (χ2v) is 4.61. The van der Waals surface area contributed by atoms with Gasteiger partial charge in [-0.05, 0) is 25.0 Å². The monoisotopic (exact) mass is 269 g/mol. The van der Waals surface area contributed by atoms with Gasteiger partial charge in [0.2, 0.25) is 0 Å². The van der Waals surface area contributed by atoms with Crippen LogP contribution in [0.3, 0.4) is 0 Å². The Morgan fingerprint density at radius 1 is 1.25 bits per heavy atom. The molecular weight excluding hydrogens is 250 g/mol. The zero-order valence-corrected chi connectivity index (χ0v) is 11.8. The lowest BCUT2D eigenvalue weighted by atomic mass is 10.1. The molecule has 1 aromatic heterocycles. The van der Waals surface area contributed by atoms with Crippen LogP contribution in [0, 0.1) is 6.92 Å². The highest BCUT2D eigenvalue weighted by Crippen LogP contribution is 2.14. The number of anilines is 1. The summed E-state index contributed by atoms with van der Waals surface area (Å²) in [5, 5.41) is 5.95. The third kappa shape index (κ3) is 3.57. The van der Waals surface area contributed by atoms with E-state index in [1.54, 1.807) is 13.2 Å². The number of pyridine rings is 1. The molecule has 0 saturated carbocycles. The first-order chi connectivity index (χ1) is 9.70. The molecule has 4 heteroatoms. The van der Waals surface area contributed by atoms with Gasteiger partial charge in [-0.25, -0.2) is 0 Å². The molecule has 4 nitrogen and oxygen atoms in total. The van der Waals surface area contributed by atoms with E-state index in [1.807, 2.05) is 31.2 Å². The van der Waals surface area contributed by atoms with E-state index in [0.717, 1.165) is 17.8 Å². The highest BCUT2D eigenvalue weighted by Gasteiger charge is 2.10. The molecule has 0 aliphatic rings. The van der Waals surface area contributed by atoms with Crippen molar-refractivity contribution in [3.63, 3.8) is 0 Å². The number of amides is 1. The first-order valence-corrected chi connectivity index (χ1v) is 6.67. The summed E-state index contributed by atoms with van der Waals surface area (Å²) < 4.78 is 0. The standard InChI is InChI=1S/C16H19N3O/c1-12-10-15(17-2)14(11-19-12)16(20)18-9-8-13-6-4-3-5-7-13/h3-7,10-11H,8-9H2,1-2H3,(H,17,19)(H,18,20). The Labute approximate surface area is 119 Å². The van der Waals surface area contributed by atoms with Gasteiger partial charge in [-0.2, -0.15) is 0 Å². The first-order valence-electron chi connectivity index (χ1n) is 6.67. The summed E-state index contributed by atoms with van der Waals surface area (Å²) in [5.41, 5.74) is 3.47. The molecule has 104 valence electrons. The topological polar surface area (TPSA) is 54.0 Å². The van der Waals surface area contributed by atoms with Gasteiger partial charge in [0.05, 0.1) is 11.3 Å². The molecule has 20 heavy (non-hydrogen) atoms. The summed E-state index contributed by atoms with van der Waals surface area (Å²) in [7, 11) is 1.80. The fourth-order valence-electron chi connectivity index (χ4n) is 2.01. The SMILES string of the molecule is CNc1cc(C)ncc1C(=O)NCCc1ccccc1. The van der Waals surface area contributed by atoms with E-state index in [4.69, 9.17) is 0 Å². The van der Waals surface area contributed by atoms with Gasteiger partial charge in [-0.1, -0.05) is 30.3 Å². The van der Waals surface area contributed by atoms with E-state index in [0.29, 0.717) is 12.1 Å². The van der Waals surface area contributed by atoms with Crippen molar-refractivity contribution in [2.75, 3.05) is 18.9 Å². The Morgan fingerprint density at radius 3 is 2.70 bits per heavy atom. The number of rotatable bonds is 5. The number of aryl methyl sites for hydroxylation is 1. The van der Waals surface area contributed by atoms with Crippen LogP contribution in [0.2, 0.25) is 0 Å². The zero-order valence-electron chi connectivity index (χ0n) is 11.8. The van der Waals surface area contributed by atoms with Crippen LogP contribution in [0.5, 0.6) is 0 Å². The average Bonchev–Trinajstić information content (AvgIpc) is 2.48. The third-order valence-corrected chi connectivity index (χ3v) is 3.10. The average molecular weight is 269 g/mol. The van der Waals surface area contributed by atoms with Gasteiger partial charge in [-0.15, -0.1) is 0 Å². The van der Waals surface area contributed by atoms with Crippen molar-refractivity contribution in [1.82, 2.24) is 10.3 Å². The summed E-state index contributed by atoms with van der Waals surface area (Å²) in [6, 6.07) is 12.0. The molecule has 1 aromatic carbocycles. The van der Waals surface area contributed by atoms with E-state index < -0.39 is 0 Å². The van der Waals surface area contributed by atoms with E-state index in [9.17, 15) is 4.79 Å². The van der Waals surface area contributed by atoms with Crippen molar-refractivity contribution in [3.05, 3.63) is 59.4 Å². The number of aromatic nitrogens is 1. The van der Waals surface area contributed by atoms with Crippen LogP contribution in [0.1, 0.15) is 21.6 Å². The van der Waals surface area contributed by atoms with Crippen LogP contribution in [-0.4, -0.2) is 24.5 Å². The third-order valence-electron chi connectivity index (χ3n) is 3.10. The van der Waals surface area contributed by atoms with Gasteiger partial charge in [0, 0.05) is 25.5 Å². The minimum Gasteiger partial charge on any atom is -0.387 e. The molecule has 0 saturated heterocycles. The first kappa shape index (κ1) is 14.1. The summed E-state index contributed by atoms with van der Waals surface area (Å²) in [4.78, 5) is 16.3. The van der Waals surface area contributed by atoms with Gasteiger partial charge < -0.3 is 10.6 Å². The predicted molar refractivity (Wildman–Crippen MR) is 81.0 cm³/mol. The molecule has 2 aromatic rings. The molecule has 0 bridgehead atoms. The van der Waals surface area contributed by atoms with Crippen LogP contribution < -0.4 is 10.6 Å². The maximum absolute atomic E-state index is 12.1. The minimum atomic E-state index is -0.0993. The second kappa shape index (κ2) is 6.70. The highest BCUT2D eigenvalue weighted by molar-refractivity contribution is 5.99. The van der Waals surface area contributed by atoms with E-state index in [2.05, 4.69) is 27.8 Å². The van der Waals surface area contributed by atoms with E-state index >= 15 is 0 Å². The number of hydrogen-bond donors (Lipinski definition) is 2. The fraction of sp³-hybridized carbons (Fsp3) is 0.250. The van der Waals surface area contributed by atoms with Crippen LogP contribution >= 0.6 is 0 Å². The molecule has 2 N–H and O–H groups in total. The molecule has 0 aliphatic carbocycles. The number of carbonyl (C=O) groups excluding carboxylic acids is 1. The molecule has 1 amide bonds. The fourth-order valence-corrected chi connectivity index (χ4v) is 2.01. The molecule has 0 fully saturated rings. The van der Waals surface area contributed by atoms with Gasteiger partial charge in [-0.3, -0.25) is 9.78 Å². The molecule has 0 aliphatic heterocycles. The molecule has 0 atom stereocenters. The van der Waals surface area contributed by atoms with Gasteiger partial charge >= 0.3 is 0 Å². The summed E-state index contributed by atoms with van der Waals surface area (Å²) in [5.74, 6) is -0.0993. The number of benzene rings is 1. The minimum absolute atomic E-state index is 0.0993. The number of carbonyl (C=O) groups is 1. The smallest absolute Gasteiger partial charge is 0.254 e. The van der Waals surface area contributed by atoms with Crippen LogP contribution in [-0.2, 0) is 6.42 Å². The maximum atomic E-state index is 12.1. The van der Waals surface area contributed by atoms with E-state index in [1.165, 1.54) is 5.56 Å². The number of nitrogens with zero attached hydrogens (tertiary/aromatic N) is 1. The molecule has 2 rings (SSSR count). The Bertz CT molecular complexity index is 582. The van der Waals surface area contributed by atoms with Crippen molar-refractivity contribution in [3.8, 4) is 0 Å². The molecular formula is C16H19N3O. The predicted octanol–water partition coefficient (Wildman–Crippen LogP) is 2.40. The Morgan fingerprint density at radius 2 is 2.00 bits per heavy atom. The summed E-state index contributed by atoms with van der Waals surface area (Å²) in [6.45, 7) is 2.51. The Kier molecular flexibility index (Phi) is 4.71. The van der Waals surface area contributed by atoms with E-state index in [-0.39, 0.29) is 5.91 Å². The molecule has 0 radical (unpaired) electrons. The normalized spacial score (nSPS) is 10.1. The molecule has 1 heterocycles. The Balaban J connectivity index is 1.95.